The summed E-state index contributed by atoms with van der Waals surface area (Å²) < 4.78 is 16.0. The highest BCUT2D eigenvalue weighted by Gasteiger charge is 2.37. The molecular weight excluding hydrogens is 222 g/mol. The number of amides is 1. The van der Waals surface area contributed by atoms with Crippen LogP contribution >= 0.6 is 0 Å². The van der Waals surface area contributed by atoms with E-state index >= 15 is 0 Å². The molecule has 17 heavy (non-hydrogen) atoms. The largest absolute Gasteiger partial charge is 0.497 e. The zero-order chi connectivity index (χ0) is 12.1. The number of ether oxygens (including phenoxy) is 3. The van der Waals surface area contributed by atoms with Crippen molar-refractivity contribution in [1.82, 2.24) is 5.32 Å². The molecule has 0 bridgehead atoms. The Morgan fingerprint density at radius 3 is 2.47 bits per heavy atom. The molecule has 0 unspecified atom stereocenters. The summed E-state index contributed by atoms with van der Waals surface area (Å²) in [6.07, 6.45) is 3.52. The number of methoxy groups -OCH3 is 1. The maximum Gasteiger partial charge on any atom is 0.294 e. The van der Waals surface area contributed by atoms with E-state index in [1.807, 2.05) is 24.3 Å². The number of benzene rings is 1. The molecule has 0 aliphatic carbocycles. The average Bonchev–Trinajstić information content (AvgIpc) is 2.86. The topological polar surface area (TPSA) is 56.8 Å². The van der Waals surface area contributed by atoms with Gasteiger partial charge in [-0.05, 0) is 24.3 Å². The minimum atomic E-state index is -0.979. The maximum absolute atomic E-state index is 10.4. The Hall–Kier alpha value is -2.17. The molecule has 1 aromatic rings. The van der Waals surface area contributed by atoms with Gasteiger partial charge in [0.05, 0.1) is 13.7 Å². The third-order valence-electron chi connectivity index (χ3n) is 2.52. The molecule has 0 saturated heterocycles. The molecule has 1 heterocycles. The van der Waals surface area contributed by atoms with Crippen LogP contribution in [0.1, 0.15) is 5.56 Å². The highest BCUT2D eigenvalue weighted by molar-refractivity contribution is 5.46. The third kappa shape index (κ3) is 2.18. The molecule has 5 heteroatoms. The van der Waals surface area contributed by atoms with Crippen LogP contribution in [-0.4, -0.2) is 20.1 Å². The Labute approximate surface area is 99.0 Å². The number of hydrogen-bond donors (Lipinski definition) is 1. The van der Waals surface area contributed by atoms with Gasteiger partial charge in [-0.2, -0.15) is 0 Å². The average molecular weight is 235 g/mol. The van der Waals surface area contributed by atoms with Crippen molar-refractivity contribution < 1.29 is 19.0 Å². The first-order valence-electron chi connectivity index (χ1n) is 5.13. The van der Waals surface area contributed by atoms with Crippen molar-refractivity contribution in [2.24, 2.45) is 0 Å². The molecule has 1 aliphatic heterocycles. The summed E-state index contributed by atoms with van der Waals surface area (Å²) in [6, 6.07) is 7.28. The van der Waals surface area contributed by atoms with Crippen LogP contribution in [0.25, 0.3) is 0 Å². The fourth-order valence-corrected chi connectivity index (χ4v) is 1.65. The molecule has 5 nitrogen and oxygen atoms in total. The second kappa shape index (κ2) is 4.78. The van der Waals surface area contributed by atoms with Gasteiger partial charge in [0.25, 0.3) is 5.79 Å². The number of carbonyl (C=O) groups is 1. The molecule has 0 radical (unpaired) electrons. The molecule has 2 rings (SSSR count). The van der Waals surface area contributed by atoms with Crippen molar-refractivity contribution in [3.8, 4) is 5.75 Å². The van der Waals surface area contributed by atoms with Crippen molar-refractivity contribution in [3.05, 3.63) is 42.4 Å². The van der Waals surface area contributed by atoms with Gasteiger partial charge in [-0.1, -0.05) is 0 Å². The molecule has 0 saturated carbocycles. The van der Waals surface area contributed by atoms with Gasteiger partial charge in [0.15, 0.2) is 0 Å². The van der Waals surface area contributed by atoms with Gasteiger partial charge in [-0.25, -0.2) is 0 Å². The molecule has 1 N–H and O–H groups in total. The minimum Gasteiger partial charge on any atom is -0.497 e. The maximum atomic E-state index is 10.4. The van der Waals surface area contributed by atoms with E-state index in [-0.39, 0.29) is 6.54 Å². The number of carbonyl (C=O) groups excluding carboxylic acids is 1. The molecule has 0 aromatic heterocycles. The molecule has 1 aliphatic rings. The van der Waals surface area contributed by atoms with Crippen LogP contribution < -0.4 is 10.1 Å². The summed E-state index contributed by atoms with van der Waals surface area (Å²) >= 11 is 0. The van der Waals surface area contributed by atoms with Gasteiger partial charge in [0.2, 0.25) is 6.41 Å². The SMILES string of the molecule is COc1ccc(C2(CNC=O)OC=CO2)cc1. The van der Waals surface area contributed by atoms with Gasteiger partial charge in [-0.3, -0.25) is 4.79 Å². The van der Waals surface area contributed by atoms with Crippen LogP contribution in [0.2, 0.25) is 0 Å². The van der Waals surface area contributed by atoms with Gasteiger partial charge in [0, 0.05) is 5.56 Å². The lowest BCUT2D eigenvalue weighted by atomic mass is 10.1. The molecule has 0 atom stereocenters. The predicted octanol–water partition coefficient (Wildman–Crippen LogP) is 1.11. The number of rotatable bonds is 5. The van der Waals surface area contributed by atoms with Gasteiger partial charge in [-0.15, -0.1) is 0 Å². The summed E-state index contributed by atoms with van der Waals surface area (Å²) in [5.41, 5.74) is 0.803. The van der Waals surface area contributed by atoms with Gasteiger partial charge >= 0.3 is 0 Å². The zero-order valence-corrected chi connectivity index (χ0v) is 9.38. The molecule has 0 spiro atoms. The molecule has 0 fully saturated rings. The summed E-state index contributed by atoms with van der Waals surface area (Å²) in [5, 5.41) is 2.56. The van der Waals surface area contributed by atoms with E-state index in [4.69, 9.17) is 14.2 Å². The normalized spacial score (nSPS) is 15.8. The Bertz CT molecular complexity index is 405. The monoisotopic (exact) mass is 235 g/mol. The summed E-state index contributed by atoms with van der Waals surface area (Å²) in [5.74, 6) is -0.231. The highest BCUT2D eigenvalue weighted by atomic mass is 16.7. The molecular formula is C12H13NO4. The first kappa shape index (κ1) is 11.3. The Kier molecular flexibility index (Phi) is 3.18. The smallest absolute Gasteiger partial charge is 0.294 e. The predicted molar refractivity (Wildman–Crippen MR) is 60.0 cm³/mol. The van der Waals surface area contributed by atoms with Gasteiger partial charge in [0.1, 0.15) is 18.3 Å². The third-order valence-corrected chi connectivity index (χ3v) is 2.52. The van der Waals surface area contributed by atoms with Gasteiger partial charge < -0.3 is 19.5 Å². The second-order valence-corrected chi connectivity index (χ2v) is 3.49. The fourth-order valence-electron chi connectivity index (χ4n) is 1.65. The lowest BCUT2D eigenvalue weighted by Gasteiger charge is -2.27. The number of hydrogen-bond acceptors (Lipinski definition) is 4. The molecule has 1 aromatic carbocycles. The Morgan fingerprint density at radius 2 is 1.94 bits per heavy atom. The minimum absolute atomic E-state index is 0.232. The van der Waals surface area contributed by atoms with E-state index in [0.29, 0.717) is 6.41 Å². The number of nitrogens with one attached hydrogen (secondary N) is 1. The summed E-state index contributed by atoms with van der Waals surface area (Å²) in [7, 11) is 1.60. The summed E-state index contributed by atoms with van der Waals surface area (Å²) in [6.45, 7) is 0.232. The second-order valence-electron chi connectivity index (χ2n) is 3.49. The van der Waals surface area contributed by atoms with E-state index < -0.39 is 5.79 Å². The molecule has 1 amide bonds. The van der Waals surface area contributed by atoms with Crippen LogP contribution in [-0.2, 0) is 20.1 Å². The van der Waals surface area contributed by atoms with Crippen LogP contribution in [0, 0.1) is 0 Å². The van der Waals surface area contributed by atoms with Crippen molar-refractivity contribution in [2.45, 2.75) is 5.79 Å². The zero-order valence-electron chi connectivity index (χ0n) is 9.38. The van der Waals surface area contributed by atoms with Crippen LogP contribution in [0.4, 0.5) is 0 Å². The van der Waals surface area contributed by atoms with Crippen LogP contribution in [0.3, 0.4) is 0 Å². The lowest BCUT2D eigenvalue weighted by Crippen LogP contribution is -2.38. The Balaban J connectivity index is 2.22. The standard InChI is InChI=1S/C12H13NO4/c1-15-11-4-2-10(3-5-11)12(8-13-9-14)16-6-7-17-12/h2-7,9H,8H2,1H3,(H,13,14). The molecule has 90 valence electrons. The van der Waals surface area contributed by atoms with E-state index in [9.17, 15) is 4.79 Å². The lowest BCUT2D eigenvalue weighted by molar-refractivity contribution is -0.148. The Morgan fingerprint density at radius 1 is 1.29 bits per heavy atom. The van der Waals surface area contributed by atoms with Crippen LogP contribution in [0.5, 0.6) is 5.75 Å². The van der Waals surface area contributed by atoms with Crippen molar-refractivity contribution >= 4 is 6.41 Å². The van der Waals surface area contributed by atoms with E-state index in [2.05, 4.69) is 5.32 Å². The van der Waals surface area contributed by atoms with E-state index in [0.717, 1.165) is 11.3 Å². The van der Waals surface area contributed by atoms with E-state index in [1.165, 1.54) is 12.5 Å². The summed E-state index contributed by atoms with van der Waals surface area (Å²) in [4.78, 5) is 10.4. The first-order valence-corrected chi connectivity index (χ1v) is 5.13. The quantitative estimate of drug-likeness (QED) is 0.777. The highest BCUT2D eigenvalue weighted by Crippen LogP contribution is 2.32. The van der Waals surface area contributed by atoms with E-state index in [1.54, 1.807) is 7.11 Å². The van der Waals surface area contributed by atoms with Crippen LogP contribution in [0.15, 0.2) is 36.8 Å². The van der Waals surface area contributed by atoms with Crippen molar-refractivity contribution in [1.29, 1.82) is 0 Å². The van der Waals surface area contributed by atoms with Crippen molar-refractivity contribution in [3.63, 3.8) is 0 Å². The fraction of sp³-hybridized carbons (Fsp3) is 0.250. The first-order chi connectivity index (χ1) is 8.30. The van der Waals surface area contributed by atoms with Crippen molar-refractivity contribution in [2.75, 3.05) is 13.7 Å².